The molecule has 1 heterocycles. The number of allylic oxidation sites excluding steroid dienone is 1. The highest BCUT2D eigenvalue weighted by Gasteiger charge is 2.51. The molecule has 5 rings (SSSR count). The number of piperazine rings is 1. The molecular weight excluding hydrogens is 434 g/mol. The van der Waals surface area contributed by atoms with E-state index < -0.39 is 0 Å². The van der Waals surface area contributed by atoms with Gasteiger partial charge in [0.1, 0.15) is 0 Å². The Morgan fingerprint density at radius 2 is 1.88 bits per heavy atom. The Balaban J connectivity index is 1.30. The van der Waals surface area contributed by atoms with Crippen molar-refractivity contribution < 1.29 is 9.59 Å². The van der Waals surface area contributed by atoms with Crippen molar-refractivity contribution in [3.63, 3.8) is 0 Å². The molecule has 2 amide bonds. The summed E-state index contributed by atoms with van der Waals surface area (Å²) in [6.07, 6.45) is 6.36. The fraction of sp³-hybridized carbons (Fsp3) is 0.630. The van der Waals surface area contributed by atoms with Gasteiger partial charge in [0.15, 0.2) is 0 Å². The second-order valence-corrected chi connectivity index (χ2v) is 10.9. The van der Waals surface area contributed by atoms with Gasteiger partial charge in [0.25, 0.3) is 5.91 Å². The van der Waals surface area contributed by atoms with Crippen molar-refractivity contribution >= 4 is 23.4 Å². The second-order valence-electron chi connectivity index (χ2n) is 10.5. The lowest BCUT2D eigenvalue weighted by molar-refractivity contribution is -0.131. The van der Waals surface area contributed by atoms with E-state index in [0.29, 0.717) is 41.4 Å². The first kappa shape index (κ1) is 24.3. The van der Waals surface area contributed by atoms with Gasteiger partial charge in [0.05, 0.1) is 10.6 Å². The lowest BCUT2D eigenvalue weighted by Crippen LogP contribution is -2.52. The summed E-state index contributed by atoms with van der Waals surface area (Å²) in [5, 5.41) is 0.507. The van der Waals surface area contributed by atoms with E-state index in [-0.39, 0.29) is 11.8 Å². The van der Waals surface area contributed by atoms with Crippen LogP contribution in [0.15, 0.2) is 35.9 Å². The summed E-state index contributed by atoms with van der Waals surface area (Å²) in [7, 11) is 0. The standard InChI is InChI=1S/C27H38ClN3O2/c1-4-7-25(32)31(19-20-10-11-21-18-23(20)27(21,2)3)17-14-29-12-15-30(16-13-29)26(33)22-8-5-6-9-24(22)28/h5-6,8-10,21,23H,4,7,11-19H2,1-3H3. The van der Waals surface area contributed by atoms with Gasteiger partial charge in [0, 0.05) is 52.2 Å². The van der Waals surface area contributed by atoms with Crippen molar-refractivity contribution in [3.8, 4) is 0 Å². The molecule has 6 heteroatoms. The molecule has 0 spiro atoms. The van der Waals surface area contributed by atoms with Crippen molar-refractivity contribution in [2.24, 2.45) is 17.3 Å². The van der Waals surface area contributed by atoms with Crippen LogP contribution in [-0.4, -0.2) is 72.3 Å². The summed E-state index contributed by atoms with van der Waals surface area (Å²) in [4.78, 5) is 32.1. The van der Waals surface area contributed by atoms with Gasteiger partial charge in [-0.2, -0.15) is 0 Å². The van der Waals surface area contributed by atoms with Crippen LogP contribution in [0.5, 0.6) is 0 Å². The fourth-order valence-corrected chi connectivity index (χ4v) is 6.00. The first-order valence-corrected chi connectivity index (χ1v) is 12.9. The Morgan fingerprint density at radius 1 is 1.15 bits per heavy atom. The monoisotopic (exact) mass is 471 g/mol. The van der Waals surface area contributed by atoms with Crippen LogP contribution in [0.4, 0.5) is 0 Å². The zero-order chi connectivity index (χ0) is 23.6. The van der Waals surface area contributed by atoms with Gasteiger partial charge in [-0.3, -0.25) is 14.5 Å². The third kappa shape index (κ3) is 5.14. The summed E-state index contributed by atoms with van der Waals surface area (Å²) in [6, 6.07) is 7.25. The number of hydrogen-bond donors (Lipinski definition) is 0. The predicted molar refractivity (Wildman–Crippen MR) is 133 cm³/mol. The Labute approximate surface area is 203 Å². The summed E-state index contributed by atoms with van der Waals surface area (Å²) >= 11 is 6.22. The van der Waals surface area contributed by atoms with Gasteiger partial charge in [0.2, 0.25) is 5.91 Å². The molecule has 1 aromatic carbocycles. The highest BCUT2D eigenvalue weighted by Crippen LogP contribution is 2.59. The van der Waals surface area contributed by atoms with E-state index in [0.717, 1.165) is 51.5 Å². The minimum absolute atomic E-state index is 0.00523. The minimum atomic E-state index is 0.00523. The molecule has 33 heavy (non-hydrogen) atoms. The molecule has 2 atom stereocenters. The Hall–Kier alpha value is -1.85. The van der Waals surface area contributed by atoms with E-state index in [1.54, 1.807) is 12.1 Å². The van der Waals surface area contributed by atoms with Crippen molar-refractivity contribution in [1.82, 2.24) is 14.7 Å². The lowest BCUT2D eigenvalue weighted by atomic mass is 9.49. The molecule has 180 valence electrons. The van der Waals surface area contributed by atoms with Gasteiger partial charge in [-0.1, -0.05) is 56.2 Å². The van der Waals surface area contributed by atoms with Crippen LogP contribution in [0.3, 0.4) is 0 Å². The smallest absolute Gasteiger partial charge is 0.255 e. The summed E-state index contributed by atoms with van der Waals surface area (Å²) < 4.78 is 0. The number of benzene rings is 1. The number of rotatable bonds is 8. The molecule has 2 bridgehead atoms. The van der Waals surface area contributed by atoms with Crippen LogP contribution in [0, 0.1) is 17.3 Å². The number of hydrogen-bond acceptors (Lipinski definition) is 3. The quantitative estimate of drug-likeness (QED) is 0.515. The maximum atomic E-state index is 12.9. The molecule has 5 nitrogen and oxygen atoms in total. The highest BCUT2D eigenvalue weighted by molar-refractivity contribution is 6.33. The largest absolute Gasteiger partial charge is 0.337 e. The number of carbonyl (C=O) groups excluding carboxylic acids is 2. The molecule has 4 aliphatic rings. The molecule has 0 N–H and O–H groups in total. The first-order valence-electron chi connectivity index (χ1n) is 12.5. The van der Waals surface area contributed by atoms with E-state index in [9.17, 15) is 9.59 Å². The van der Waals surface area contributed by atoms with Crippen molar-refractivity contribution in [3.05, 3.63) is 46.5 Å². The predicted octanol–water partition coefficient (Wildman–Crippen LogP) is 4.72. The Bertz CT molecular complexity index is 904. The van der Waals surface area contributed by atoms with E-state index in [4.69, 9.17) is 11.6 Å². The maximum absolute atomic E-state index is 12.9. The topological polar surface area (TPSA) is 43.9 Å². The van der Waals surface area contributed by atoms with Gasteiger partial charge < -0.3 is 9.80 Å². The SMILES string of the molecule is CCCC(=O)N(CCN1CCN(C(=O)c2ccccc2Cl)CC1)CC1=CCC2CC1C2(C)C. The van der Waals surface area contributed by atoms with Crippen molar-refractivity contribution in [2.45, 2.75) is 46.5 Å². The van der Waals surface area contributed by atoms with Crippen LogP contribution >= 0.6 is 11.6 Å². The average Bonchev–Trinajstić information content (AvgIpc) is 2.82. The van der Waals surface area contributed by atoms with E-state index >= 15 is 0 Å². The van der Waals surface area contributed by atoms with Crippen molar-refractivity contribution in [1.29, 1.82) is 0 Å². The van der Waals surface area contributed by atoms with Crippen LogP contribution in [-0.2, 0) is 4.79 Å². The summed E-state index contributed by atoms with van der Waals surface area (Å²) in [5.41, 5.74) is 2.43. The molecule has 1 saturated heterocycles. The maximum Gasteiger partial charge on any atom is 0.255 e. The minimum Gasteiger partial charge on any atom is -0.337 e. The van der Waals surface area contributed by atoms with Gasteiger partial charge in [-0.25, -0.2) is 0 Å². The third-order valence-corrected chi connectivity index (χ3v) is 8.55. The number of halogens is 1. The Morgan fingerprint density at radius 3 is 2.52 bits per heavy atom. The Kier molecular flexibility index (Phi) is 7.49. The van der Waals surface area contributed by atoms with Crippen LogP contribution in [0.1, 0.15) is 56.8 Å². The van der Waals surface area contributed by atoms with Crippen LogP contribution in [0.25, 0.3) is 0 Å². The molecule has 2 unspecified atom stereocenters. The zero-order valence-electron chi connectivity index (χ0n) is 20.4. The van der Waals surface area contributed by atoms with E-state index in [1.165, 1.54) is 12.0 Å². The third-order valence-electron chi connectivity index (χ3n) is 8.22. The summed E-state index contributed by atoms with van der Waals surface area (Å²) in [6.45, 7) is 12.3. The molecule has 0 radical (unpaired) electrons. The van der Waals surface area contributed by atoms with Gasteiger partial charge in [-0.15, -0.1) is 0 Å². The van der Waals surface area contributed by atoms with Gasteiger partial charge in [-0.05, 0) is 48.6 Å². The van der Waals surface area contributed by atoms with E-state index in [2.05, 4.69) is 36.6 Å². The van der Waals surface area contributed by atoms with E-state index in [1.807, 2.05) is 17.0 Å². The van der Waals surface area contributed by atoms with Crippen LogP contribution < -0.4 is 0 Å². The zero-order valence-corrected chi connectivity index (χ0v) is 21.1. The van der Waals surface area contributed by atoms with Crippen LogP contribution in [0.2, 0.25) is 5.02 Å². The first-order chi connectivity index (χ1) is 15.8. The van der Waals surface area contributed by atoms with Crippen molar-refractivity contribution in [2.75, 3.05) is 45.8 Å². The number of nitrogens with zero attached hydrogens (tertiary/aromatic N) is 3. The number of fused-ring (bicyclic) bond motifs is 1. The molecule has 1 saturated carbocycles. The lowest BCUT2D eigenvalue weighted by Gasteiger charge is -2.57. The molecule has 3 aliphatic carbocycles. The fourth-order valence-electron chi connectivity index (χ4n) is 5.78. The summed E-state index contributed by atoms with van der Waals surface area (Å²) in [5.74, 6) is 1.72. The molecule has 1 aliphatic heterocycles. The second kappa shape index (κ2) is 10.2. The van der Waals surface area contributed by atoms with Gasteiger partial charge >= 0.3 is 0 Å². The number of amides is 2. The normalized spacial score (nSPS) is 24.1. The molecule has 2 fully saturated rings. The number of carbonyl (C=O) groups is 2. The highest BCUT2D eigenvalue weighted by atomic mass is 35.5. The molecule has 1 aromatic rings. The molecular formula is C27H38ClN3O2. The molecule has 0 aromatic heterocycles. The average molecular weight is 472 g/mol.